The van der Waals surface area contributed by atoms with Gasteiger partial charge in [-0.15, -0.1) is 0 Å². The minimum Gasteiger partial charge on any atom is -0.460 e. The topological polar surface area (TPSA) is 72.8 Å². The van der Waals surface area contributed by atoms with Crippen molar-refractivity contribution in [3.8, 4) is 0 Å². The highest BCUT2D eigenvalue weighted by molar-refractivity contribution is 5.81. The van der Waals surface area contributed by atoms with Crippen molar-refractivity contribution in [2.45, 2.75) is 6.10 Å². The van der Waals surface area contributed by atoms with E-state index in [0.717, 1.165) is 12.2 Å². The van der Waals surface area contributed by atoms with E-state index in [1.54, 1.807) is 0 Å². The fourth-order valence-corrected chi connectivity index (χ4v) is 1.40. The second-order valence-electron chi connectivity index (χ2n) is 4.70. The largest absolute Gasteiger partial charge is 0.460 e. The summed E-state index contributed by atoms with van der Waals surface area (Å²) in [5.41, 5.74) is 0. The lowest BCUT2D eigenvalue weighted by atomic mass is 10.3. The maximum atomic E-state index is 10.9. The molecule has 0 fully saturated rings. The predicted octanol–water partition coefficient (Wildman–Crippen LogP) is -0.118. The molecule has 108 valence electrons. The molecule has 0 saturated carbocycles. The van der Waals surface area contributed by atoms with Gasteiger partial charge in [-0.2, -0.15) is 0 Å². The molecule has 0 bridgehead atoms. The summed E-state index contributed by atoms with van der Waals surface area (Å²) in [6.07, 6.45) is 1.36. The Morgan fingerprint density at radius 1 is 1.21 bits per heavy atom. The zero-order chi connectivity index (χ0) is 14.9. The Balaban J connectivity index is 3.99. The quantitative estimate of drug-likeness (QED) is 0.360. The molecule has 0 aromatic carbocycles. The fourth-order valence-electron chi connectivity index (χ4n) is 1.40. The third kappa shape index (κ3) is 8.98. The maximum Gasteiger partial charge on any atom is 0.330 e. The van der Waals surface area contributed by atoms with Crippen LogP contribution in [-0.4, -0.2) is 68.0 Å². The summed E-state index contributed by atoms with van der Waals surface area (Å²) >= 11 is 0. The molecule has 0 aliphatic heterocycles. The second-order valence-corrected chi connectivity index (χ2v) is 4.70. The van der Waals surface area contributed by atoms with Gasteiger partial charge in [0.2, 0.25) is 0 Å². The number of nitrogens with zero attached hydrogens (tertiary/aromatic N) is 1. The van der Waals surface area contributed by atoms with Crippen LogP contribution in [-0.2, 0) is 19.1 Å². The maximum absolute atomic E-state index is 10.9. The molecule has 0 aliphatic rings. The van der Waals surface area contributed by atoms with Gasteiger partial charge in [0.15, 0.2) is 0 Å². The molecule has 0 heterocycles. The molecule has 1 unspecified atom stereocenters. The van der Waals surface area contributed by atoms with E-state index < -0.39 is 18.0 Å². The zero-order valence-electron chi connectivity index (χ0n) is 11.5. The second kappa shape index (κ2) is 8.44. The Morgan fingerprint density at radius 2 is 1.74 bits per heavy atom. The summed E-state index contributed by atoms with van der Waals surface area (Å²) < 4.78 is 10.0. The number of carbonyl (C=O) groups is 2. The van der Waals surface area contributed by atoms with Crippen LogP contribution in [0.5, 0.6) is 0 Å². The van der Waals surface area contributed by atoms with Crippen LogP contribution in [0.3, 0.4) is 0 Å². The van der Waals surface area contributed by atoms with E-state index in [1.165, 1.54) is 0 Å². The van der Waals surface area contributed by atoms with E-state index in [4.69, 9.17) is 9.47 Å². The highest BCUT2D eigenvalue weighted by Crippen LogP contribution is 2.01. The number of likely N-dealkylation sites (N-methyl/N-ethyl adjacent to an activating group) is 1. The van der Waals surface area contributed by atoms with Crippen molar-refractivity contribution >= 4 is 11.9 Å². The number of hydrogen-bond donors (Lipinski definition) is 1. The third-order valence-electron chi connectivity index (χ3n) is 2.40. The molecule has 19 heavy (non-hydrogen) atoms. The van der Waals surface area contributed by atoms with Crippen molar-refractivity contribution in [1.29, 1.82) is 0 Å². The van der Waals surface area contributed by atoms with E-state index in [0.29, 0.717) is 17.6 Å². The molecule has 0 spiro atoms. The minimum absolute atomic E-state index is 0.0843. The van der Waals surface area contributed by atoms with E-state index >= 15 is 0 Å². The number of ether oxygens (including phenoxy) is 2. The molecule has 1 atom stereocenters. The van der Waals surface area contributed by atoms with E-state index in [9.17, 15) is 14.7 Å². The van der Waals surface area contributed by atoms with E-state index in [1.807, 2.05) is 14.1 Å². The SMILES string of the molecule is C=CC(=O)OCC[N+](C)(C)CC(O)COC(=O)C=C. The number of hydrogen-bond acceptors (Lipinski definition) is 5. The predicted molar refractivity (Wildman–Crippen MR) is 70.2 cm³/mol. The van der Waals surface area contributed by atoms with Gasteiger partial charge in [0.1, 0.15) is 32.4 Å². The smallest absolute Gasteiger partial charge is 0.330 e. The standard InChI is InChI=1S/C13H22NO5/c1-5-12(16)18-8-7-14(3,4)9-11(15)10-19-13(17)6-2/h5-6,11,15H,1-2,7-10H2,3-4H3/q+1. The summed E-state index contributed by atoms with van der Waals surface area (Å²) in [6, 6.07) is 0. The average Bonchev–Trinajstić information content (AvgIpc) is 2.34. The van der Waals surface area contributed by atoms with Gasteiger partial charge in [0.05, 0.1) is 14.1 Å². The first-order chi connectivity index (χ1) is 8.80. The summed E-state index contributed by atoms with van der Waals surface area (Å²) in [5, 5.41) is 9.73. The van der Waals surface area contributed by atoms with Gasteiger partial charge in [-0.3, -0.25) is 0 Å². The van der Waals surface area contributed by atoms with Crippen LogP contribution in [0.15, 0.2) is 25.3 Å². The Labute approximate surface area is 113 Å². The first-order valence-corrected chi connectivity index (χ1v) is 5.89. The Morgan fingerprint density at radius 3 is 2.26 bits per heavy atom. The highest BCUT2D eigenvalue weighted by atomic mass is 16.5. The Hall–Kier alpha value is -1.66. The molecule has 0 aliphatic carbocycles. The number of carbonyl (C=O) groups excluding carboxylic acids is 2. The molecule has 0 aromatic heterocycles. The zero-order valence-corrected chi connectivity index (χ0v) is 11.5. The lowest BCUT2D eigenvalue weighted by Crippen LogP contribution is -2.48. The van der Waals surface area contributed by atoms with Crippen molar-refractivity contribution in [2.75, 3.05) is 40.4 Å². The minimum atomic E-state index is -0.783. The van der Waals surface area contributed by atoms with Gasteiger partial charge in [0.25, 0.3) is 0 Å². The van der Waals surface area contributed by atoms with E-state index in [2.05, 4.69) is 13.2 Å². The van der Waals surface area contributed by atoms with E-state index in [-0.39, 0.29) is 13.2 Å². The average molecular weight is 272 g/mol. The molecule has 0 aromatic rings. The number of quaternary nitrogens is 1. The lowest BCUT2D eigenvalue weighted by molar-refractivity contribution is -0.893. The van der Waals surface area contributed by atoms with Gasteiger partial charge in [0, 0.05) is 12.2 Å². The van der Waals surface area contributed by atoms with Gasteiger partial charge >= 0.3 is 11.9 Å². The molecule has 1 N–H and O–H groups in total. The molecule has 6 nitrogen and oxygen atoms in total. The molecule has 0 amide bonds. The van der Waals surface area contributed by atoms with Crippen LogP contribution >= 0.6 is 0 Å². The number of aliphatic hydroxyl groups is 1. The van der Waals surface area contributed by atoms with Crippen molar-refractivity contribution in [1.82, 2.24) is 0 Å². The third-order valence-corrected chi connectivity index (χ3v) is 2.40. The lowest BCUT2D eigenvalue weighted by Gasteiger charge is -2.31. The van der Waals surface area contributed by atoms with Gasteiger partial charge in [-0.1, -0.05) is 13.2 Å². The van der Waals surface area contributed by atoms with Gasteiger partial charge in [-0.25, -0.2) is 9.59 Å². The fraction of sp³-hybridized carbons (Fsp3) is 0.538. The summed E-state index contributed by atoms with van der Waals surface area (Å²) in [5.74, 6) is -1.04. The molecule has 0 rings (SSSR count). The number of aliphatic hydroxyl groups excluding tert-OH is 1. The highest BCUT2D eigenvalue weighted by Gasteiger charge is 2.21. The molecular weight excluding hydrogens is 250 g/mol. The van der Waals surface area contributed by atoms with Crippen LogP contribution in [0, 0.1) is 0 Å². The molecule has 0 radical (unpaired) electrons. The van der Waals surface area contributed by atoms with Crippen molar-refractivity contribution in [2.24, 2.45) is 0 Å². The number of rotatable bonds is 9. The van der Waals surface area contributed by atoms with Crippen LogP contribution in [0.25, 0.3) is 0 Å². The van der Waals surface area contributed by atoms with Crippen molar-refractivity contribution in [3.63, 3.8) is 0 Å². The molecular formula is C13H22NO5+. The monoisotopic (exact) mass is 272 g/mol. The van der Waals surface area contributed by atoms with Crippen LogP contribution < -0.4 is 0 Å². The van der Waals surface area contributed by atoms with Crippen LogP contribution in [0.1, 0.15) is 0 Å². The number of esters is 2. The first-order valence-electron chi connectivity index (χ1n) is 5.89. The summed E-state index contributed by atoms with van der Waals surface area (Å²) in [4.78, 5) is 21.7. The normalized spacial score (nSPS) is 12.4. The molecule has 6 heteroatoms. The van der Waals surface area contributed by atoms with Crippen molar-refractivity contribution < 1.29 is 28.7 Å². The molecule has 0 saturated heterocycles. The van der Waals surface area contributed by atoms with Crippen molar-refractivity contribution in [3.05, 3.63) is 25.3 Å². The Kier molecular flexibility index (Phi) is 7.71. The van der Waals surface area contributed by atoms with Gasteiger partial charge < -0.3 is 19.1 Å². The Bertz CT molecular complexity index is 338. The van der Waals surface area contributed by atoms with Crippen LogP contribution in [0.2, 0.25) is 0 Å². The van der Waals surface area contributed by atoms with Crippen LogP contribution in [0.4, 0.5) is 0 Å². The van der Waals surface area contributed by atoms with Gasteiger partial charge in [-0.05, 0) is 0 Å². The summed E-state index contributed by atoms with van der Waals surface area (Å²) in [7, 11) is 3.75. The summed E-state index contributed by atoms with van der Waals surface area (Å²) in [6.45, 7) is 7.61. The first kappa shape index (κ1) is 17.3.